The second kappa shape index (κ2) is 7.04. The Morgan fingerprint density at radius 1 is 1.40 bits per heavy atom. The van der Waals surface area contributed by atoms with Gasteiger partial charge < -0.3 is 14.2 Å². The first kappa shape index (κ1) is 15.3. The molecule has 2 aliphatic rings. The molecule has 0 N–H and O–H groups in total. The minimum atomic E-state index is -0.619. The molecule has 0 bridgehead atoms. The highest BCUT2D eigenvalue weighted by atomic mass is 16.7. The Bertz CT molecular complexity index is 403. The average molecular weight is 280 g/mol. The number of methoxy groups -OCH3 is 1. The largest absolute Gasteiger partial charge is 0.466 e. The summed E-state index contributed by atoms with van der Waals surface area (Å²) in [5.74, 6) is -0.961. The quantitative estimate of drug-likeness (QED) is 0.573. The molecule has 4 heteroatoms. The molecule has 0 aromatic heterocycles. The molecule has 20 heavy (non-hydrogen) atoms. The molecule has 0 aromatic carbocycles. The number of hydrogen-bond donors (Lipinski definition) is 0. The zero-order chi connectivity index (χ0) is 14.4. The summed E-state index contributed by atoms with van der Waals surface area (Å²) in [6.07, 6.45) is 9.67. The van der Waals surface area contributed by atoms with Gasteiger partial charge in [-0.3, -0.25) is 0 Å². The summed E-state index contributed by atoms with van der Waals surface area (Å²) in [6.45, 7) is 3.43. The van der Waals surface area contributed by atoms with Crippen molar-refractivity contribution in [3.05, 3.63) is 23.3 Å². The van der Waals surface area contributed by atoms with Crippen LogP contribution in [0.1, 0.15) is 45.4 Å². The number of esters is 1. The van der Waals surface area contributed by atoms with Gasteiger partial charge in [0.25, 0.3) is 0 Å². The minimum absolute atomic E-state index is 0.342. The van der Waals surface area contributed by atoms with Crippen molar-refractivity contribution in [1.29, 1.82) is 0 Å². The lowest BCUT2D eigenvalue weighted by Crippen LogP contribution is -2.35. The molecule has 1 aliphatic carbocycles. The van der Waals surface area contributed by atoms with Gasteiger partial charge in [0.15, 0.2) is 5.79 Å². The van der Waals surface area contributed by atoms with Gasteiger partial charge in [0, 0.05) is 18.1 Å². The van der Waals surface area contributed by atoms with E-state index in [0.29, 0.717) is 13.2 Å². The lowest BCUT2D eigenvalue weighted by Gasteiger charge is -2.35. The summed E-state index contributed by atoms with van der Waals surface area (Å²) < 4.78 is 16.5. The molecule has 1 fully saturated rings. The number of rotatable bonds is 5. The molecule has 1 saturated heterocycles. The molecular formula is C16H24O4. The molecule has 1 heterocycles. The van der Waals surface area contributed by atoms with Gasteiger partial charge in [-0.2, -0.15) is 0 Å². The van der Waals surface area contributed by atoms with E-state index in [1.807, 2.05) is 6.08 Å². The molecular weight excluding hydrogens is 256 g/mol. The zero-order valence-corrected chi connectivity index (χ0v) is 12.4. The second-order valence-electron chi connectivity index (χ2n) is 5.28. The molecule has 112 valence electrons. The summed E-state index contributed by atoms with van der Waals surface area (Å²) >= 11 is 0. The minimum Gasteiger partial charge on any atom is -0.466 e. The molecule has 1 spiro atoms. The predicted octanol–water partition coefficient (Wildman–Crippen LogP) is 3.13. The van der Waals surface area contributed by atoms with E-state index in [1.54, 1.807) is 0 Å². The standard InChI is InChI=1S/C16H24O4/c1-3-4-6-13-7-5-10-16(19-11-12-20-16)14(13)8-9-15(17)18-2/h8-9H,3-7,10-12H2,1-2H3/b9-8+. The summed E-state index contributed by atoms with van der Waals surface area (Å²) in [4.78, 5) is 11.4. The maximum absolute atomic E-state index is 11.4. The fourth-order valence-electron chi connectivity index (χ4n) is 2.94. The average Bonchev–Trinajstić information content (AvgIpc) is 2.92. The molecule has 0 amide bonds. The molecule has 0 radical (unpaired) electrons. The van der Waals surface area contributed by atoms with E-state index in [1.165, 1.54) is 18.8 Å². The lowest BCUT2D eigenvalue weighted by molar-refractivity contribution is -0.135. The van der Waals surface area contributed by atoms with Crippen LogP contribution in [-0.2, 0) is 19.0 Å². The highest BCUT2D eigenvalue weighted by molar-refractivity contribution is 5.82. The molecule has 2 rings (SSSR count). The summed E-state index contributed by atoms with van der Waals surface area (Å²) in [7, 11) is 1.39. The smallest absolute Gasteiger partial charge is 0.330 e. The number of unbranched alkanes of at least 4 members (excludes halogenated alkanes) is 1. The Balaban J connectivity index is 2.28. The van der Waals surface area contributed by atoms with Crippen molar-refractivity contribution in [3.63, 3.8) is 0 Å². The van der Waals surface area contributed by atoms with Gasteiger partial charge in [-0.25, -0.2) is 4.79 Å². The molecule has 0 aromatic rings. The van der Waals surface area contributed by atoms with Crippen LogP contribution in [0.15, 0.2) is 23.3 Å². The first-order valence-corrected chi connectivity index (χ1v) is 7.48. The Morgan fingerprint density at radius 2 is 2.15 bits per heavy atom. The van der Waals surface area contributed by atoms with Crippen molar-refractivity contribution in [1.82, 2.24) is 0 Å². The topological polar surface area (TPSA) is 44.8 Å². The van der Waals surface area contributed by atoms with Crippen LogP contribution in [0, 0.1) is 0 Å². The van der Waals surface area contributed by atoms with Crippen LogP contribution in [0.3, 0.4) is 0 Å². The van der Waals surface area contributed by atoms with Crippen LogP contribution in [-0.4, -0.2) is 32.1 Å². The van der Waals surface area contributed by atoms with E-state index in [0.717, 1.165) is 44.1 Å². The van der Waals surface area contributed by atoms with Crippen LogP contribution < -0.4 is 0 Å². The van der Waals surface area contributed by atoms with E-state index in [4.69, 9.17) is 9.47 Å². The molecule has 1 aliphatic heterocycles. The van der Waals surface area contributed by atoms with Crippen molar-refractivity contribution >= 4 is 5.97 Å². The van der Waals surface area contributed by atoms with Crippen LogP contribution in [0.25, 0.3) is 0 Å². The van der Waals surface area contributed by atoms with Gasteiger partial charge in [-0.05, 0) is 31.8 Å². The number of hydrogen-bond acceptors (Lipinski definition) is 4. The first-order chi connectivity index (χ1) is 9.72. The highest BCUT2D eigenvalue weighted by Crippen LogP contribution is 2.42. The fraction of sp³-hybridized carbons (Fsp3) is 0.688. The van der Waals surface area contributed by atoms with E-state index >= 15 is 0 Å². The lowest BCUT2D eigenvalue weighted by atomic mass is 9.84. The van der Waals surface area contributed by atoms with Crippen molar-refractivity contribution in [2.45, 2.75) is 51.2 Å². The van der Waals surface area contributed by atoms with Crippen LogP contribution in [0.2, 0.25) is 0 Å². The van der Waals surface area contributed by atoms with Crippen LogP contribution in [0.5, 0.6) is 0 Å². The van der Waals surface area contributed by atoms with E-state index in [2.05, 4.69) is 11.7 Å². The predicted molar refractivity (Wildman–Crippen MR) is 76.2 cm³/mol. The van der Waals surface area contributed by atoms with Crippen LogP contribution in [0.4, 0.5) is 0 Å². The Kier molecular flexibility index (Phi) is 5.38. The third-order valence-corrected chi connectivity index (χ3v) is 3.95. The van der Waals surface area contributed by atoms with Gasteiger partial charge in [0.2, 0.25) is 0 Å². The summed E-state index contributed by atoms with van der Waals surface area (Å²) in [6, 6.07) is 0. The first-order valence-electron chi connectivity index (χ1n) is 7.48. The van der Waals surface area contributed by atoms with Gasteiger partial charge in [0.1, 0.15) is 0 Å². The number of carbonyl (C=O) groups excluding carboxylic acids is 1. The highest BCUT2D eigenvalue weighted by Gasteiger charge is 2.42. The zero-order valence-electron chi connectivity index (χ0n) is 12.4. The normalized spacial score (nSPS) is 21.9. The Labute approximate surface area is 120 Å². The van der Waals surface area contributed by atoms with Gasteiger partial charge >= 0.3 is 5.97 Å². The van der Waals surface area contributed by atoms with E-state index < -0.39 is 5.79 Å². The number of allylic oxidation sites excluding steroid dienone is 1. The molecule has 0 unspecified atom stereocenters. The third kappa shape index (κ3) is 3.30. The van der Waals surface area contributed by atoms with E-state index in [-0.39, 0.29) is 5.97 Å². The summed E-state index contributed by atoms with van der Waals surface area (Å²) in [5, 5.41) is 0. The Hall–Kier alpha value is -1.13. The van der Waals surface area contributed by atoms with Crippen molar-refractivity contribution < 1.29 is 19.0 Å². The molecule has 4 nitrogen and oxygen atoms in total. The van der Waals surface area contributed by atoms with Crippen molar-refractivity contribution in [2.24, 2.45) is 0 Å². The maximum atomic E-state index is 11.4. The van der Waals surface area contributed by atoms with Crippen LogP contribution >= 0.6 is 0 Å². The Morgan fingerprint density at radius 3 is 2.80 bits per heavy atom. The maximum Gasteiger partial charge on any atom is 0.330 e. The van der Waals surface area contributed by atoms with Gasteiger partial charge in [-0.15, -0.1) is 0 Å². The van der Waals surface area contributed by atoms with Gasteiger partial charge in [0.05, 0.1) is 20.3 Å². The van der Waals surface area contributed by atoms with Crippen molar-refractivity contribution in [3.8, 4) is 0 Å². The third-order valence-electron chi connectivity index (χ3n) is 3.95. The second-order valence-corrected chi connectivity index (χ2v) is 5.28. The SMILES string of the molecule is CCCCC1=C(/C=C/C(=O)OC)C2(CCC1)OCCO2. The van der Waals surface area contributed by atoms with Crippen molar-refractivity contribution in [2.75, 3.05) is 20.3 Å². The number of ether oxygens (including phenoxy) is 3. The fourth-order valence-corrected chi connectivity index (χ4v) is 2.94. The monoisotopic (exact) mass is 280 g/mol. The summed E-state index contributed by atoms with van der Waals surface area (Å²) in [5.41, 5.74) is 2.40. The molecule has 0 saturated carbocycles. The van der Waals surface area contributed by atoms with E-state index in [9.17, 15) is 4.79 Å². The molecule has 0 atom stereocenters. The number of carbonyl (C=O) groups is 1. The van der Waals surface area contributed by atoms with Gasteiger partial charge in [-0.1, -0.05) is 18.9 Å².